The standard InChI is InChI=1S/C16H24N2OS/c1-3-4-6-9-12(2)18-16(19)14(15(17)20)13-10-7-5-8-11-13/h5,7-8,10-12,14H,3-4,6,9H2,1-2H3,(H2,17,20)(H,18,19). The highest BCUT2D eigenvalue weighted by Gasteiger charge is 2.24. The molecule has 0 aliphatic heterocycles. The lowest BCUT2D eigenvalue weighted by atomic mass is 9.97. The highest BCUT2D eigenvalue weighted by molar-refractivity contribution is 7.80. The summed E-state index contributed by atoms with van der Waals surface area (Å²) >= 11 is 5.05. The molecule has 0 saturated carbocycles. The Morgan fingerprint density at radius 1 is 1.30 bits per heavy atom. The van der Waals surface area contributed by atoms with Gasteiger partial charge in [-0.3, -0.25) is 4.79 Å². The fraction of sp³-hybridized carbons (Fsp3) is 0.500. The van der Waals surface area contributed by atoms with E-state index in [-0.39, 0.29) is 16.9 Å². The molecule has 1 aromatic carbocycles. The zero-order valence-electron chi connectivity index (χ0n) is 12.3. The van der Waals surface area contributed by atoms with Crippen molar-refractivity contribution in [2.24, 2.45) is 5.73 Å². The highest BCUT2D eigenvalue weighted by atomic mass is 32.1. The third-order valence-electron chi connectivity index (χ3n) is 3.31. The molecule has 0 aromatic heterocycles. The Morgan fingerprint density at radius 2 is 1.95 bits per heavy atom. The number of unbranched alkanes of at least 4 members (excludes halogenated alkanes) is 2. The summed E-state index contributed by atoms with van der Waals surface area (Å²) in [6.07, 6.45) is 4.48. The van der Waals surface area contributed by atoms with Crippen LogP contribution in [0.25, 0.3) is 0 Å². The molecule has 0 aliphatic rings. The normalized spacial score (nSPS) is 13.5. The molecular formula is C16H24N2OS. The largest absolute Gasteiger partial charge is 0.392 e. The Balaban J connectivity index is 2.64. The minimum Gasteiger partial charge on any atom is -0.392 e. The number of amides is 1. The molecule has 1 aromatic rings. The first-order valence-corrected chi connectivity index (χ1v) is 7.61. The number of nitrogens with one attached hydrogen (secondary N) is 1. The second-order valence-electron chi connectivity index (χ2n) is 5.15. The number of nitrogens with two attached hydrogens (primary N) is 1. The van der Waals surface area contributed by atoms with E-state index in [1.54, 1.807) is 0 Å². The number of hydrogen-bond donors (Lipinski definition) is 2. The molecule has 0 radical (unpaired) electrons. The van der Waals surface area contributed by atoms with E-state index in [0.717, 1.165) is 18.4 Å². The number of thiocarbonyl (C=S) groups is 1. The second-order valence-corrected chi connectivity index (χ2v) is 5.62. The van der Waals surface area contributed by atoms with E-state index >= 15 is 0 Å². The fourth-order valence-electron chi connectivity index (χ4n) is 2.19. The van der Waals surface area contributed by atoms with Crippen LogP contribution in [0, 0.1) is 0 Å². The molecule has 0 fully saturated rings. The van der Waals surface area contributed by atoms with Gasteiger partial charge in [0.05, 0.1) is 4.99 Å². The molecular weight excluding hydrogens is 268 g/mol. The smallest absolute Gasteiger partial charge is 0.234 e. The number of benzene rings is 1. The monoisotopic (exact) mass is 292 g/mol. The summed E-state index contributed by atoms with van der Waals surface area (Å²) < 4.78 is 0. The van der Waals surface area contributed by atoms with Crippen molar-refractivity contribution >= 4 is 23.1 Å². The van der Waals surface area contributed by atoms with Crippen LogP contribution in [0.1, 0.15) is 51.0 Å². The van der Waals surface area contributed by atoms with Gasteiger partial charge in [-0.15, -0.1) is 0 Å². The molecule has 3 N–H and O–H groups in total. The van der Waals surface area contributed by atoms with E-state index in [4.69, 9.17) is 18.0 Å². The second kappa shape index (κ2) is 8.69. The molecule has 20 heavy (non-hydrogen) atoms. The van der Waals surface area contributed by atoms with Gasteiger partial charge in [0.1, 0.15) is 5.92 Å². The predicted octanol–water partition coefficient (Wildman–Crippen LogP) is 3.14. The predicted molar refractivity (Wildman–Crippen MR) is 87.7 cm³/mol. The lowest BCUT2D eigenvalue weighted by Crippen LogP contribution is -2.40. The Morgan fingerprint density at radius 3 is 2.50 bits per heavy atom. The van der Waals surface area contributed by atoms with Gasteiger partial charge in [-0.2, -0.15) is 0 Å². The van der Waals surface area contributed by atoms with Gasteiger partial charge < -0.3 is 11.1 Å². The summed E-state index contributed by atoms with van der Waals surface area (Å²) in [6, 6.07) is 9.59. The number of carbonyl (C=O) groups excluding carboxylic acids is 1. The van der Waals surface area contributed by atoms with Crippen LogP contribution < -0.4 is 11.1 Å². The third kappa shape index (κ3) is 5.29. The van der Waals surface area contributed by atoms with Gasteiger partial charge in [0.2, 0.25) is 5.91 Å². The maximum Gasteiger partial charge on any atom is 0.234 e. The molecule has 2 unspecified atom stereocenters. The third-order valence-corrected chi connectivity index (χ3v) is 3.54. The van der Waals surface area contributed by atoms with Crippen LogP contribution in [0.5, 0.6) is 0 Å². The molecule has 2 atom stereocenters. The molecule has 0 heterocycles. The highest BCUT2D eigenvalue weighted by Crippen LogP contribution is 2.17. The molecule has 0 bridgehead atoms. The topological polar surface area (TPSA) is 55.1 Å². The summed E-state index contributed by atoms with van der Waals surface area (Å²) in [6.45, 7) is 4.19. The SMILES string of the molecule is CCCCCC(C)NC(=O)C(C(N)=S)c1ccccc1. The van der Waals surface area contributed by atoms with E-state index in [1.165, 1.54) is 12.8 Å². The van der Waals surface area contributed by atoms with Crippen molar-refractivity contribution < 1.29 is 4.79 Å². The lowest BCUT2D eigenvalue weighted by Gasteiger charge is -2.19. The van der Waals surface area contributed by atoms with Gasteiger partial charge in [0.25, 0.3) is 0 Å². The Kier molecular flexibility index (Phi) is 7.23. The molecule has 0 saturated heterocycles. The maximum absolute atomic E-state index is 12.3. The first-order valence-electron chi connectivity index (χ1n) is 7.21. The zero-order chi connectivity index (χ0) is 15.0. The van der Waals surface area contributed by atoms with Crippen LogP contribution in [0.15, 0.2) is 30.3 Å². The van der Waals surface area contributed by atoms with Gasteiger partial charge in [0, 0.05) is 6.04 Å². The molecule has 4 heteroatoms. The summed E-state index contributed by atoms with van der Waals surface area (Å²) in [5.74, 6) is -0.646. The van der Waals surface area contributed by atoms with Gasteiger partial charge in [-0.25, -0.2) is 0 Å². The van der Waals surface area contributed by atoms with Crippen molar-refractivity contribution in [3.05, 3.63) is 35.9 Å². The quantitative estimate of drug-likeness (QED) is 0.571. The summed E-state index contributed by atoms with van der Waals surface area (Å²) in [5, 5.41) is 3.01. The Hall–Kier alpha value is -1.42. The van der Waals surface area contributed by atoms with Crippen LogP contribution in [-0.2, 0) is 4.79 Å². The molecule has 0 spiro atoms. The molecule has 1 rings (SSSR count). The minimum atomic E-state index is -0.542. The van der Waals surface area contributed by atoms with Gasteiger partial charge in [-0.05, 0) is 18.9 Å². The van der Waals surface area contributed by atoms with Crippen LogP contribution >= 0.6 is 12.2 Å². The van der Waals surface area contributed by atoms with Crippen LogP contribution in [-0.4, -0.2) is 16.9 Å². The van der Waals surface area contributed by atoms with Gasteiger partial charge >= 0.3 is 0 Å². The van der Waals surface area contributed by atoms with Crippen LogP contribution in [0.2, 0.25) is 0 Å². The molecule has 110 valence electrons. The first-order chi connectivity index (χ1) is 9.56. The maximum atomic E-state index is 12.3. The van der Waals surface area contributed by atoms with E-state index in [2.05, 4.69) is 12.2 Å². The average molecular weight is 292 g/mol. The zero-order valence-corrected chi connectivity index (χ0v) is 13.1. The number of rotatable bonds is 8. The van der Waals surface area contributed by atoms with Crippen LogP contribution in [0.4, 0.5) is 0 Å². The van der Waals surface area contributed by atoms with E-state index < -0.39 is 5.92 Å². The van der Waals surface area contributed by atoms with Crippen molar-refractivity contribution in [1.82, 2.24) is 5.32 Å². The Labute approximate surface area is 126 Å². The van der Waals surface area contributed by atoms with Crippen LogP contribution in [0.3, 0.4) is 0 Å². The number of hydrogen-bond acceptors (Lipinski definition) is 2. The fourth-order valence-corrected chi connectivity index (χ4v) is 2.43. The van der Waals surface area contributed by atoms with Crippen molar-refractivity contribution in [3.63, 3.8) is 0 Å². The first kappa shape index (κ1) is 16.6. The molecule has 3 nitrogen and oxygen atoms in total. The van der Waals surface area contributed by atoms with E-state index in [9.17, 15) is 4.79 Å². The molecule has 0 aliphatic carbocycles. The summed E-state index contributed by atoms with van der Waals surface area (Å²) in [7, 11) is 0. The summed E-state index contributed by atoms with van der Waals surface area (Å²) in [5.41, 5.74) is 6.58. The number of carbonyl (C=O) groups is 1. The lowest BCUT2D eigenvalue weighted by molar-refractivity contribution is -0.121. The van der Waals surface area contributed by atoms with Gasteiger partial charge in [-0.1, -0.05) is 68.7 Å². The molecule has 1 amide bonds. The Bertz CT molecular complexity index is 433. The summed E-state index contributed by atoms with van der Waals surface area (Å²) in [4.78, 5) is 12.6. The van der Waals surface area contributed by atoms with E-state index in [1.807, 2.05) is 37.3 Å². The van der Waals surface area contributed by atoms with Crippen molar-refractivity contribution in [1.29, 1.82) is 0 Å². The van der Waals surface area contributed by atoms with Crippen molar-refractivity contribution in [2.75, 3.05) is 0 Å². The average Bonchev–Trinajstić information content (AvgIpc) is 2.39. The van der Waals surface area contributed by atoms with Crippen molar-refractivity contribution in [2.45, 2.75) is 51.5 Å². The van der Waals surface area contributed by atoms with Gasteiger partial charge in [0.15, 0.2) is 0 Å². The minimum absolute atomic E-state index is 0.104. The van der Waals surface area contributed by atoms with E-state index in [0.29, 0.717) is 0 Å². The van der Waals surface area contributed by atoms with Crippen molar-refractivity contribution in [3.8, 4) is 0 Å².